The number of ether oxygens (including phenoxy) is 2. The number of hydrogen-bond donors (Lipinski definition) is 0. The van der Waals surface area contributed by atoms with Crippen LogP contribution in [0.2, 0.25) is 0 Å². The van der Waals surface area contributed by atoms with E-state index < -0.39 is 4.92 Å². The van der Waals surface area contributed by atoms with Crippen LogP contribution in [0.4, 0.5) is 5.69 Å². The standard InChI is InChI=1S/C16H16N4O5/c1-24-14-6-7-15(18-17-14)25-11-8-9-19(10-11)16(21)12-4-2-3-5-13(12)20(22)23/h2-7,11H,8-10H2,1H3. The van der Waals surface area contributed by atoms with Gasteiger partial charge in [0, 0.05) is 31.2 Å². The lowest BCUT2D eigenvalue weighted by atomic mass is 10.1. The van der Waals surface area contributed by atoms with Crippen LogP contribution in [0.5, 0.6) is 11.8 Å². The first-order valence-electron chi connectivity index (χ1n) is 7.65. The highest BCUT2D eigenvalue weighted by molar-refractivity contribution is 5.98. The Morgan fingerprint density at radius 3 is 2.64 bits per heavy atom. The number of benzene rings is 1. The number of amides is 1. The predicted molar refractivity (Wildman–Crippen MR) is 86.6 cm³/mol. The van der Waals surface area contributed by atoms with Crippen LogP contribution in [-0.2, 0) is 0 Å². The highest BCUT2D eigenvalue weighted by Crippen LogP contribution is 2.23. The fraction of sp³-hybridized carbons (Fsp3) is 0.312. The number of hydrogen-bond acceptors (Lipinski definition) is 7. The van der Waals surface area contributed by atoms with E-state index in [2.05, 4.69) is 10.2 Å². The van der Waals surface area contributed by atoms with Gasteiger partial charge in [0.15, 0.2) is 0 Å². The molecule has 0 saturated carbocycles. The Labute approximate surface area is 143 Å². The molecule has 9 heteroatoms. The summed E-state index contributed by atoms with van der Waals surface area (Å²) >= 11 is 0. The van der Waals surface area contributed by atoms with Gasteiger partial charge in [-0.2, -0.15) is 0 Å². The van der Waals surface area contributed by atoms with E-state index in [1.807, 2.05) is 0 Å². The summed E-state index contributed by atoms with van der Waals surface area (Å²) in [6.45, 7) is 0.789. The summed E-state index contributed by atoms with van der Waals surface area (Å²) in [5.41, 5.74) is -0.115. The number of carbonyl (C=O) groups excluding carboxylic acids is 1. The summed E-state index contributed by atoms with van der Waals surface area (Å²) in [6.07, 6.45) is 0.370. The molecule has 0 spiro atoms. The molecule has 25 heavy (non-hydrogen) atoms. The van der Waals surface area contributed by atoms with Crippen molar-refractivity contribution in [3.05, 3.63) is 52.1 Å². The van der Waals surface area contributed by atoms with Gasteiger partial charge in [0.25, 0.3) is 11.6 Å². The van der Waals surface area contributed by atoms with Crippen LogP contribution in [0.1, 0.15) is 16.8 Å². The molecule has 1 saturated heterocycles. The van der Waals surface area contributed by atoms with Crippen molar-refractivity contribution in [1.82, 2.24) is 15.1 Å². The van der Waals surface area contributed by atoms with Crippen molar-refractivity contribution in [3.8, 4) is 11.8 Å². The summed E-state index contributed by atoms with van der Waals surface area (Å²) < 4.78 is 10.6. The van der Waals surface area contributed by atoms with E-state index in [1.54, 1.807) is 23.1 Å². The molecule has 1 amide bonds. The Balaban J connectivity index is 1.66. The van der Waals surface area contributed by atoms with E-state index in [-0.39, 0.29) is 23.3 Å². The number of rotatable bonds is 5. The van der Waals surface area contributed by atoms with Crippen molar-refractivity contribution >= 4 is 11.6 Å². The first-order valence-corrected chi connectivity index (χ1v) is 7.65. The van der Waals surface area contributed by atoms with E-state index in [0.717, 1.165) is 0 Å². The van der Waals surface area contributed by atoms with Gasteiger partial charge >= 0.3 is 0 Å². The minimum atomic E-state index is -0.551. The Hall–Kier alpha value is -3.23. The Morgan fingerprint density at radius 2 is 1.96 bits per heavy atom. The van der Waals surface area contributed by atoms with Crippen LogP contribution in [0.25, 0.3) is 0 Å². The molecule has 3 rings (SSSR count). The highest BCUT2D eigenvalue weighted by Gasteiger charge is 2.31. The molecule has 1 aromatic heterocycles. The fourth-order valence-corrected chi connectivity index (χ4v) is 2.64. The quantitative estimate of drug-likeness (QED) is 0.600. The minimum Gasteiger partial charge on any atom is -0.480 e. The van der Waals surface area contributed by atoms with Crippen molar-refractivity contribution in [2.75, 3.05) is 20.2 Å². The lowest BCUT2D eigenvalue weighted by molar-refractivity contribution is -0.385. The molecule has 0 bridgehead atoms. The maximum atomic E-state index is 12.6. The first kappa shape index (κ1) is 16.6. The molecule has 130 valence electrons. The maximum absolute atomic E-state index is 12.6. The van der Waals surface area contributed by atoms with Crippen molar-refractivity contribution in [3.63, 3.8) is 0 Å². The van der Waals surface area contributed by atoms with Crippen LogP contribution >= 0.6 is 0 Å². The lowest BCUT2D eigenvalue weighted by Gasteiger charge is -2.17. The van der Waals surface area contributed by atoms with E-state index in [9.17, 15) is 14.9 Å². The van der Waals surface area contributed by atoms with Crippen LogP contribution in [0.3, 0.4) is 0 Å². The Bertz CT molecular complexity index is 780. The topological polar surface area (TPSA) is 108 Å². The second-order valence-electron chi connectivity index (χ2n) is 5.47. The van der Waals surface area contributed by atoms with Crippen molar-refractivity contribution < 1.29 is 19.2 Å². The Kier molecular flexibility index (Phi) is 4.73. The molecule has 2 aromatic rings. The monoisotopic (exact) mass is 344 g/mol. The number of aromatic nitrogens is 2. The number of para-hydroxylation sites is 1. The number of methoxy groups -OCH3 is 1. The third-order valence-corrected chi connectivity index (χ3v) is 3.88. The smallest absolute Gasteiger partial charge is 0.282 e. The van der Waals surface area contributed by atoms with Crippen molar-refractivity contribution in [2.24, 2.45) is 0 Å². The number of nitro groups is 1. The predicted octanol–water partition coefficient (Wildman–Crippen LogP) is 1.69. The molecule has 0 N–H and O–H groups in total. The van der Waals surface area contributed by atoms with Crippen molar-refractivity contribution in [1.29, 1.82) is 0 Å². The number of likely N-dealkylation sites (tertiary alicyclic amines) is 1. The highest BCUT2D eigenvalue weighted by atomic mass is 16.6. The SMILES string of the molecule is COc1ccc(OC2CCN(C(=O)c3ccccc3[N+](=O)[O-])C2)nn1. The molecule has 9 nitrogen and oxygen atoms in total. The zero-order valence-corrected chi connectivity index (χ0v) is 13.5. The molecule has 1 unspecified atom stereocenters. The first-order chi connectivity index (χ1) is 12.1. The molecule has 0 radical (unpaired) electrons. The summed E-state index contributed by atoms with van der Waals surface area (Å²) in [5.74, 6) is 0.344. The summed E-state index contributed by atoms with van der Waals surface area (Å²) in [4.78, 5) is 24.7. The van der Waals surface area contributed by atoms with Gasteiger partial charge in [-0.25, -0.2) is 0 Å². The summed E-state index contributed by atoms with van der Waals surface area (Å²) in [5, 5.41) is 18.8. The van der Waals surface area contributed by atoms with Crippen LogP contribution in [-0.4, -0.2) is 52.2 Å². The Morgan fingerprint density at radius 1 is 1.24 bits per heavy atom. The second kappa shape index (κ2) is 7.12. The molecular formula is C16H16N4O5. The zero-order chi connectivity index (χ0) is 17.8. The molecule has 1 atom stereocenters. The number of nitrogens with zero attached hydrogens (tertiary/aromatic N) is 4. The third kappa shape index (κ3) is 3.65. The molecule has 1 fully saturated rings. The average molecular weight is 344 g/mol. The van der Waals surface area contributed by atoms with Gasteiger partial charge in [-0.1, -0.05) is 12.1 Å². The normalized spacial score (nSPS) is 16.5. The third-order valence-electron chi connectivity index (χ3n) is 3.88. The van der Waals surface area contributed by atoms with Crippen molar-refractivity contribution in [2.45, 2.75) is 12.5 Å². The van der Waals surface area contributed by atoms with E-state index in [4.69, 9.17) is 9.47 Å². The van der Waals surface area contributed by atoms with Crippen LogP contribution in [0, 0.1) is 10.1 Å². The van der Waals surface area contributed by atoms with Gasteiger partial charge in [-0.3, -0.25) is 14.9 Å². The largest absolute Gasteiger partial charge is 0.480 e. The van der Waals surface area contributed by atoms with Gasteiger partial charge in [-0.15, -0.1) is 10.2 Å². The van der Waals surface area contributed by atoms with Gasteiger partial charge in [-0.05, 0) is 6.07 Å². The van der Waals surface area contributed by atoms with E-state index in [0.29, 0.717) is 31.3 Å². The van der Waals surface area contributed by atoms with Gasteiger partial charge in [0.2, 0.25) is 11.8 Å². The average Bonchev–Trinajstić information content (AvgIpc) is 3.10. The van der Waals surface area contributed by atoms with E-state index in [1.165, 1.54) is 25.3 Å². The molecular weight excluding hydrogens is 328 g/mol. The van der Waals surface area contributed by atoms with Gasteiger partial charge in [0.05, 0.1) is 18.6 Å². The number of nitro benzene ring substituents is 1. The number of carbonyl (C=O) groups is 1. The zero-order valence-electron chi connectivity index (χ0n) is 13.5. The minimum absolute atomic E-state index is 0.0809. The summed E-state index contributed by atoms with van der Waals surface area (Å²) in [7, 11) is 1.49. The van der Waals surface area contributed by atoms with Crippen LogP contribution in [0.15, 0.2) is 36.4 Å². The molecule has 1 aliphatic heterocycles. The molecule has 2 heterocycles. The molecule has 1 aliphatic rings. The fourth-order valence-electron chi connectivity index (χ4n) is 2.64. The van der Waals surface area contributed by atoms with Gasteiger partial charge < -0.3 is 14.4 Å². The maximum Gasteiger partial charge on any atom is 0.282 e. The summed E-state index contributed by atoms with van der Waals surface area (Å²) in [6, 6.07) is 9.20. The van der Waals surface area contributed by atoms with E-state index >= 15 is 0 Å². The van der Waals surface area contributed by atoms with Gasteiger partial charge in [0.1, 0.15) is 11.7 Å². The molecule has 1 aromatic carbocycles. The van der Waals surface area contributed by atoms with Crippen LogP contribution < -0.4 is 9.47 Å². The second-order valence-corrected chi connectivity index (χ2v) is 5.47. The lowest BCUT2D eigenvalue weighted by Crippen LogP contribution is -2.31. The molecule has 0 aliphatic carbocycles.